The molecule has 2 atom stereocenters. The van der Waals surface area contributed by atoms with E-state index in [-0.39, 0.29) is 17.0 Å². The second kappa shape index (κ2) is 6.10. The fourth-order valence-electron chi connectivity index (χ4n) is 1.32. The maximum Gasteiger partial charge on any atom is 0.244 e. The van der Waals surface area contributed by atoms with Gasteiger partial charge in [0.15, 0.2) is 0 Å². The normalized spacial score (nSPS) is 15.4. The van der Waals surface area contributed by atoms with E-state index in [0.29, 0.717) is 0 Å². The zero-order chi connectivity index (χ0) is 13.9. The molecule has 1 aromatic rings. The summed E-state index contributed by atoms with van der Waals surface area (Å²) in [5.41, 5.74) is 0. The highest BCUT2D eigenvalue weighted by atomic mass is 79.9. The highest BCUT2D eigenvalue weighted by Gasteiger charge is 2.25. The summed E-state index contributed by atoms with van der Waals surface area (Å²) in [7, 11) is -3.96. The molecule has 0 aliphatic heterocycles. The van der Waals surface area contributed by atoms with Crippen LogP contribution in [0.4, 0.5) is 4.39 Å². The zero-order valence-corrected chi connectivity index (χ0v) is 12.4. The van der Waals surface area contributed by atoms with E-state index < -0.39 is 26.8 Å². The topological polar surface area (TPSA) is 66.4 Å². The van der Waals surface area contributed by atoms with Crippen LogP contribution in [0.1, 0.15) is 13.8 Å². The van der Waals surface area contributed by atoms with Crippen molar-refractivity contribution in [2.24, 2.45) is 5.92 Å². The van der Waals surface area contributed by atoms with E-state index in [1.165, 1.54) is 12.1 Å². The van der Waals surface area contributed by atoms with Gasteiger partial charge in [-0.05, 0) is 40.9 Å². The third-order valence-corrected chi connectivity index (χ3v) is 5.23. The number of sulfonamides is 1. The zero-order valence-electron chi connectivity index (χ0n) is 10.0. The molecule has 2 unspecified atom stereocenters. The van der Waals surface area contributed by atoms with Gasteiger partial charge in [-0.1, -0.05) is 13.0 Å². The molecule has 1 aromatic carbocycles. The summed E-state index contributed by atoms with van der Waals surface area (Å²) in [6.07, 6.45) is 0. The highest BCUT2D eigenvalue weighted by molar-refractivity contribution is 9.10. The molecule has 4 nitrogen and oxygen atoms in total. The van der Waals surface area contributed by atoms with Crippen LogP contribution in [0.15, 0.2) is 27.6 Å². The van der Waals surface area contributed by atoms with Gasteiger partial charge in [0.1, 0.15) is 10.7 Å². The molecular weight excluding hydrogens is 325 g/mol. The summed E-state index contributed by atoms with van der Waals surface area (Å²) in [4.78, 5) is -0.415. The molecule has 0 aliphatic carbocycles. The number of hydrogen-bond acceptors (Lipinski definition) is 3. The van der Waals surface area contributed by atoms with Gasteiger partial charge < -0.3 is 5.11 Å². The average molecular weight is 340 g/mol. The van der Waals surface area contributed by atoms with Crippen LogP contribution in [-0.4, -0.2) is 26.2 Å². The predicted molar refractivity (Wildman–Crippen MR) is 70.1 cm³/mol. The van der Waals surface area contributed by atoms with E-state index >= 15 is 0 Å². The third-order valence-electron chi connectivity index (χ3n) is 2.67. The monoisotopic (exact) mass is 339 g/mol. The van der Waals surface area contributed by atoms with Gasteiger partial charge in [0.25, 0.3) is 0 Å². The Morgan fingerprint density at radius 3 is 2.56 bits per heavy atom. The number of benzene rings is 1. The lowest BCUT2D eigenvalue weighted by molar-refractivity contribution is 0.216. The highest BCUT2D eigenvalue weighted by Crippen LogP contribution is 2.25. The van der Waals surface area contributed by atoms with E-state index in [1.54, 1.807) is 13.8 Å². The SMILES string of the molecule is CC(CO)C(C)NS(=O)(=O)c1c(F)cccc1Br. The number of nitrogens with one attached hydrogen (secondary N) is 1. The first-order valence-electron chi connectivity index (χ1n) is 5.36. The molecule has 1 rings (SSSR count). The van der Waals surface area contributed by atoms with Crippen LogP contribution in [0.5, 0.6) is 0 Å². The molecule has 0 bridgehead atoms. The van der Waals surface area contributed by atoms with Crippen molar-refractivity contribution in [1.29, 1.82) is 0 Å². The molecule has 0 amide bonds. The van der Waals surface area contributed by atoms with Crippen molar-refractivity contribution in [1.82, 2.24) is 4.72 Å². The van der Waals surface area contributed by atoms with E-state index in [1.807, 2.05) is 0 Å². The van der Waals surface area contributed by atoms with Gasteiger partial charge in [-0.3, -0.25) is 0 Å². The van der Waals surface area contributed by atoms with E-state index in [2.05, 4.69) is 20.7 Å². The predicted octanol–water partition coefficient (Wildman–Crippen LogP) is 1.88. The summed E-state index contributed by atoms with van der Waals surface area (Å²) < 4.78 is 40.2. The van der Waals surface area contributed by atoms with Crippen LogP contribution in [0.25, 0.3) is 0 Å². The molecular formula is C11H15BrFNO3S. The van der Waals surface area contributed by atoms with Gasteiger partial charge >= 0.3 is 0 Å². The Morgan fingerprint density at radius 2 is 2.06 bits per heavy atom. The van der Waals surface area contributed by atoms with Crippen molar-refractivity contribution in [3.05, 3.63) is 28.5 Å². The first kappa shape index (κ1) is 15.6. The van der Waals surface area contributed by atoms with E-state index in [0.717, 1.165) is 6.07 Å². The molecule has 0 saturated heterocycles. The summed E-state index contributed by atoms with van der Waals surface area (Å²) in [5, 5.41) is 8.96. The number of hydrogen-bond donors (Lipinski definition) is 2. The fourth-order valence-corrected chi connectivity index (χ4v) is 3.79. The first-order valence-corrected chi connectivity index (χ1v) is 7.64. The van der Waals surface area contributed by atoms with Crippen molar-refractivity contribution < 1.29 is 17.9 Å². The smallest absolute Gasteiger partial charge is 0.244 e. The minimum atomic E-state index is -3.96. The minimum Gasteiger partial charge on any atom is -0.396 e. The molecule has 0 saturated carbocycles. The van der Waals surface area contributed by atoms with Gasteiger partial charge in [0.05, 0.1) is 0 Å². The molecule has 0 fully saturated rings. The lowest BCUT2D eigenvalue weighted by Crippen LogP contribution is -2.38. The van der Waals surface area contributed by atoms with Crippen molar-refractivity contribution >= 4 is 26.0 Å². The lowest BCUT2D eigenvalue weighted by atomic mass is 10.1. The third kappa shape index (κ3) is 3.50. The summed E-state index contributed by atoms with van der Waals surface area (Å²) in [5.74, 6) is -1.08. The van der Waals surface area contributed by atoms with E-state index in [4.69, 9.17) is 5.11 Å². The summed E-state index contributed by atoms with van der Waals surface area (Å²) >= 11 is 3.02. The Bertz CT molecular complexity index is 501. The second-order valence-corrected chi connectivity index (χ2v) is 6.63. The van der Waals surface area contributed by atoms with Crippen molar-refractivity contribution in [3.8, 4) is 0 Å². The standard InChI is InChI=1S/C11H15BrFNO3S/c1-7(6-15)8(2)14-18(16,17)11-9(12)4-3-5-10(11)13/h3-5,7-8,14-15H,6H2,1-2H3. The van der Waals surface area contributed by atoms with Gasteiger partial charge in [0, 0.05) is 17.1 Å². The molecule has 0 heterocycles. The molecule has 102 valence electrons. The summed E-state index contributed by atoms with van der Waals surface area (Å²) in [6, 6.07) is 3.46. The Balaban J connectivity index is 3.08. The number of aliphatic hydroxyl groups excluding tert-OH is 1. The van der Waals surface area contributed by atoms with Crippen LogP contribution < -0.4 is 4.72 Å². The maximum atomic E-state index is 13.6. The second-order valence-electron chi connectivity index (χ2n) is 4.12. The van der Waals surface area contributed by atoms with Crippen LogP contribution in [-0.2, 0) is 10.0 Å². The van der Waals surface area contributed by atoms with Crippen molar-refractivity contribution in [2.75, 3.05) is 6.61 Å². The van der Waals surface area contributed by atoms with Crippen LogP contribution in [0.3, 0.4) is 0 Å². The van der Waals surface area contributed by atoms with Crippen LogP contribution in [0, 0.1) is 11.7 Å². The van der Waals surface area contributed by atoms with Gasteiger partial charge in [-0.15, -0.1) is 0 Å². The Labute approximate surface area is 114 Å². The summed E-state index contributed by atoms with van der Waals surface area (Å²) in [6.45, 7) is 3.17. The van der Waals surface area contributed by atoms with E-state index in [9.17, 15) is 12.8 Å². The molecule has 0 aliphatic rings. The minimum absolute atomic E-state index is 0.151. The number of aliphatic hydroxyl groups is 1. The van der Waals surface area contributed by atoms with Crippen LogP contribution in [0.2, 0.25) is 0 Å². The lowest BCUT2D eigenvalue weighted by Gasteiger charge is -2.19. The molecule has 2 N–H and O–H groups in total. The number of halogens is 2. The van der Waals surface area contributed by atoms with Gasteiger partial charge in [-0.25, -0.2) is 17.5 Å². The molecule has 0 spiro atoms. The fraction of sp³-hybridized carbons (Fsp3) is 0.455. The molecule has 0 radical (unpaired) electrons. The maximum absolute atomic E-state index is 13.6. The van der Waals surface area contributed by atoms with Crippen molar-refractivity contribution in [3.63, 3.8) is 0 Å². The quantitative estimate of drug-likeness (QED) is 0.860. The average Bonchev–Trinajstić information content (AvgIpc) is 2.26. The molecule has 18 heavy (non-hydrogen) atoms. The molecule has 7 heteroatoms. The van der Waals surface area contributed by atoms with Crippen LogP contribution >= 0.6 is 15.9 Å². The van der Waals surface area contributed by atoms with Gasteiger partial charge in [0.2, 0.25) is 10.0 Å². The van der Waals surface area contributed by atoms with Crippen molar-refractivity contribution in [2.45, 2.75) is 24.8 Å². The Morgan fingerprint density at radius 1 is 1.44 bits per heavy atom. The Hall–Kier alpha value is -0.500. The largest absolute Gasteiger partial charge is 0.396 e. The molecule has 0 aromatic heterocycles. The first-order chi connectivity index (χ1) is 8.29. The van der Waals surface area contributed by atoms with Gasteiger partial charge in [-0.2, -0.15) is 0 Å². The Kier molecular flexibility index (Phi) is 5.27. The number of rotatable bonds is 5.